The highest BCUT2D eigenvalue weighted by atomic mass is 16.5. The maximum atomic E-state index is 13.0. The van der Waals surface area contributed by atoms with Gasteiger partial charge in [-0.1, -0.05) is 11.2 Å². The number of hydrogen-bond acceptors (Lipinski definition) is 7. The molecule has 0 radical (unpaired) electrons. The summed E-state index contributed by atoms with van der Waals surface area (Å²) in [7, 11) is 1.58. The van der Waals surface area contributed by atoms with Crippen molar-refractivity contribution in [3.8, 4) is 0 Å². The quantitative estimate of drug-likeness (QED) is 0.732. The van der Waals surface area contributed by atoms with E-state index in [1.807, 2.05) is 4.90 Å². The Morgan fingerprint density at radius 2 is 2.12 bits per heavy atom. The molecule has 0 saturated carbocycles. The average Bonchev–Trinajstić information content (AvgIpc) is 3.18. The number of likely N-dealkylation sites (tertiary alicyclic amines) is 1. The fourth-order valence-electron chi connectivity index (χ4n) is 4.62. The van der Waals surface area contributed by atoms with Crippen LogP contribution < -0.4 is 5.32 Å². The number of carbonyl (C=O) groups is 2. The van der Waals surface area contributed by atoms with E-state index >= 15 is 0 Å². The minimum atomic E-state index is -0.246. The van der Waals surface area contributed by atoms with Gasteiger partial charge in [-0.2, -0.15) is 0 Å². The number of pyridine rings is 1. The molecule has 1 atom stereocenters. The van der Waals surface area contributed by atoms with E-state index < -0.39 is 0 Å². The number of aromatic nitrogens is 2. The van der Waals surface area contributed by atoms with Crippen molar-refractivity contribution in [2.75, 3.05) is 33.4 Å². The van der Waals surface area contributed by atoms with Gasteiger partial charge in [-0.25, -0.2) is 0 Å². The van der Waals surface area contributed by atoms with E-state index in [2.05, 4.69) is 15.5 Å². The van der Waals surface area contributed by atoms with Crippen LogP contribution in [0.25, 0.3) is 0 Å². The number of nitrogens with zero attached hydrogens (tertiary/aromatic N) is 3. The zero-order valence-corrected chi connectivity index (χ0v) is 18.6. The Labute approximate surface area is 187 Å². The molecule has 32 heavy (non-hydrogen) atoms. The topological polar surface area (TPSA) is 107 Å². The van der Waals surface area contributed by atoms with Crippen LogP contribution in [0.1, 0.15) is 58.0 Å². The Morgan fingerprint density at radius 3 is 2.84 bits per heavy atom. The second-order valence-corrected chi connectivity index (χ2v) is 8.61. The Hall–Kier alpha value is -2.78. The van der Waals surface area contributed by atoms with Gasteiger partial charge in [-0.15, -0.1) is 0 Å². The molecule has 2 aromatic rings. The lowest BCUT2D eigenvalue weighted by atomic mass is 9.79. The third-order valence-electron chi connectivity index (χ3n) is 6.48. The molecule has 4 heterocycles. The largest absolute Gasteiger partial charge is 0.380 e. The summed E-state index contributed by atoms with van der Waals surface area (Å²) in [5, 5.41) is 6.98. The maximum Gasteiger partial charge on any atom is 0.276 e. The summed E-state index contributed by atoms with van der Waals surface area (Å²) in [5.74, 6) is 0.667. The van der Waals surface area contributed by atoms with Crippen LogP contribution >= 0.6 is 0 Å². The third kappa shape index (κ3) is 4.83. The average molecular weight is 443 g/mol. The van der Waals surface area contributed by atoms with Crippen molar-refractivity contribution in [1.82, 2.24) is 20.4 Å². The molecule has 9 heteroatoms. The van der Waals surface area contributed by atoms with Crippen molar-refractivity contribution in [3.05, 3.63) is 47.1 Å². The van der Waals surface area contributed by atoms with Crippen LogP contribution in [0.5, 0.6) is 0 Å². The zero-order valence-electron chi connectivity index (χ0n) is 18.6. The number of rotatable bonds is 6. The molecule has 172 valence electrons. The van der Waals surface area contributed by atoms with E-state index in [0.717, 1.165) is 25.7 Å². The first-order valence-corrected chi connectivity index (χ1v) is 11.1. The van der Waals surface area contributed by atoms with Crippen LogP contribution in [0.15, 0.2) is 28.9 Å². The molecule has 4 rings (SSSR count). The van der Waals surface area contributed by atoms with Crippen LogP contribution in [0.4, 0.5) is 0 Å². The minimum absolute atomic E-state index is 0.126. The summed E-state index contributed by atoms with van der Waals surface area (Å²) in [6, 6.07) is 5.30. The lowest BCUT2D eigenvalue weighted by Gasteiger charge is -2.46. The second kappa shape index (κ2) is 9.79. The summed E-state index contributed by atoms with van der Waals surface area (Å²) in [6.07, 6.45) is 4.92. The van der Waals surface area contributed by atoms with Crippen molar-refractivity contribution in [2.45, 2.75) is 44.8 Å². The number of methoxy groups -OCH3 is 1. The Bertz CT molecular complexity index is 937. The predicted octanol–water partition coefficient (Wildman–Crippen LogP) is 2.36. The van der Waals surface area contributed by atoms with Gasteiger partial charge in [0.25, 0.3) is 11.8 Å². The van der Waals surface area contributed by atoms with E-state index in [-0.39, 0.29) is 17.4 Å². The highest BCUT2D eigenvalue weighted by Gasteiger charge is 2.42. The van der Waals surface area contributed by atoms with Gasteiger partial charge >= 0.3 is 0 Å². The lowest BCUT2D eigenvalue weighted by Crippen LogP contribution is -2.52. The zero-order chi connectivity index (χ0) is 22.6. The fourth-order valence-corrected chi connectivity index (χ4v) is 4.62. The summed E-state index contributed by atoms with van der Waals surface area (Å²) >= 11 is 0. The van der Waals surface area contributed by atoms with Gasteiger partial charge in [-0.3, -0.25) is 14.6 Å². The number of aryl methyl sites for hydroxylation is 1. The molecule has 2 amide bonds. The van der Waals surface area contributed by atoms with Gasteiger partial charge in [-0.05, 0) is 50.7 Å². The van der Waals surface area contributed by atoms with Crippen molar-refractivity contribution in [3.63, 3.8) is 0 Å². The monoisotopic (exact) mass is 442 g/mol. The molecular formula is C23H30N4O5. The second-order valence-electron chi connectivity index (χ2n) is 8.61. The standard InChI is InChI=1S/C23H30N4O5/c1-16-18(15-30-2)20(26-32-16)22(29)27-10-7-23(8-11-27)13-17(6-12-31-23)14-25-21(28)19-5-3-4-9-24-19/h3-5,9,17H,6-8,10-15H2,1-2H3,(H,25,28). The first kappa shape index (κ1) is 22.4. The van der Waals surface area contributed by atoms with Gasteiger partial charge in [0.1, 0.15) is 11.5 Å². The number of carbonyl (C=O) groups excluding carboxylic acids is 2. The smallest absolute Gasteiger partial charge is 0.276 e. The SMILES string of the molecule is COCc1c(C(=O)N2CCC3(CC2)CC(CNC(=O)c2ccccn2)CCO3)noc1C. The van der Waals surface area contributed by atoms with Crippen LogP contribution in [0.3, 0.4) is 0 Å². The van der Waals surface area contributed by atoms with Gasteiger partial charge in [0.2, 0.25) is 0 Å². The Balaban J connectivity index is 1.31. The van der Waals surface area contributed by atoms with E-state index in [9.17, 15) is 9.59 Å². The van der Waals surface area contributed by atoms with Crippen molar-refractivity contribution in [2.24, 2.45) is 5.92 Å². The molecule has 9 nitrogen and oxygen atoms in total. The third-order valence-corrected chi connectivity index (χ3v) is 6.48. The van der Waals surface area contributed by atoms with Crippen LogP contribution in [-0.4, -0.2) is 65.8 Å². The number of ether oxygens (including phenoxy) is 2. The molecular weight excluding hydrogens is 412 g/mol. The van der Waals surface area contributed by atoms with Crippen LogP contribution in [-0.2, 0) is 16.1 Å². The first-order chi connectivity index (χ1) is 15.5. The van der Waals surface area contributed by atoms with E-state index in [1.165, 1.54) is 0 Å². The van der Waals surface area contributed by atoms with Gasteiger partial charge in [0.05, 0.1) is 17.8 Å². The summed E-state index contributed by atoms with van der Waals surface area (Å²) in [5.41, 5.74) is 1.22. The van der Waals surface area contributed by atoms with Crippen molar-refractivity contribution in [1.29, 1.82) is 0 Å². The lowest BCUT2D eigenvalue weighted by molar-refractivity contribution is -0.122. The van der Waals surface area contributed by atoms with Gasteiger partial charge in [0, 0.05) is 39.5 Å². The van der Waals surface area contributed by atoms with Crippen LogP contribution in [0, 0.1) is 12.8 Å². The highest BCUT2D eigenvalue weighted by Crippen LogP contribution is 2.38. The van der Waals surface area contributed by atoms with Crippen molar-refractivity contribution >= 4 is 11.8 Å². The molecule has 2 aromatic heterocycles. The number of nitrogens with one attached hydrogen (secondary N) is 1. The molecule has 0 bridgehead atoms. The fraction of sp³-hybridized carbons (Fsp3) is 0.565. The molecule has 2 saturated heterocycles. The molecule has 2 aliphatic heterocycles. The summed E-state index contributed by atoms with van der Waals surface area (Å²) in [6.45, 7) is 4.55. The highest BCUT2D eigenvalue weighted by molar-refractivity contribution is 5.94. The van der Waals surface area contributed by atoms with Crippen LogP contribution in [0.2, 0.25) is 0 Å². The Kier molecular flexibility index (Phi) is 6.86. The molecule has 2 aliphatic rings. The number of amides is 2. The predicted molar refractivity (Wildman–Crippen MR) is 115 cm³/mol. The van der Waals surface area contributed by atoms with E-state index in [1.54, 1.807) is 38.4 Å². The molecule has 1 N–H and O–H groups in total. The van der Waals surface area contributed by atoms with Crippen molar-refractivity contribution < 1.29 is 23.6 Å². The first-order valence-electron chi connectivity index (χ1n) is 11.1. The normalized spacial score (nSPS) is 20.3. The minimum Gasteiger partial charge on any atom is -0.380 e. The van der Waals surface area contributed by atoms with Gasteiger partial charge in [0.15, 0.2) is 5.69 Å². The Morgan fingerprint density at radius 1 is 1.31 bits per heavy atom. The summed E-state index contributed by atoms with van der Waals surface area (Å²) < 4.78 is 16.6. The molecule has 0 aromatic carbocycles. The molecule has 1 spiro atoms. The molecule has 1 unspecified atom stereocenters. The number of hydrogen-bond donors (Lipinski definition) is 1. The van der Waals surface area contributed by atoms with E-state index in [0.29, 0.717) is 61.5 Å². The summed E-state index contributed by atoms with van der Waals surface area (Å²) in [4.78, 5) is 31.2. The molecule has 0 aliphatic carbocycles. The van der Waals surface area contributed by atoms with Gasteiger partial charge < -0.3 is 24.2 Å². The van der Waals surface area contributed by atoms with E-state index in [4.69, 9.17) is 14.0 Å². The maximum absolute atomic E-state index is 13.0. The number of piperidine rings is 1. The molecule has 2 fully saturated rings.